The first-order chi connectivity index (χ1) is 13.5. The second kappa shape index (κ2) is 6.17. The second-order valence-electron chi connectivity index (χ2n) is 7.56. The first-order valence-corrected chi connectivity index (χ1v) is 9.46. The van der Waals surface area contributed by atoms with Gasteiger partial charge in [0.2, 0.25) is 0 Å². The molecule has 1 fully saturated rings. The zero-order chi connectivity index (χ0) is 19.4. The van der Waals surface area contributed by atoms with Gasteiger partial charge < -0.3 is 15.3 Å². The molecule has 0 amide bonds. The quantitative estimate of drug-likeness (QED) is 0.561. The van der Waals surface area contributed by atoms with Crippen molar-refractivity contribution in [2.75, 3.05) is 18.0 Å². The molecule has 142 valence electrons. The Hall–Kier alpha value is -3.19. The third-order valence-electron chi connectivity index (χ3n) is 5.38. The predicted octanol–water partition coefficient (Wildman–Crippen LogP) is 2.92. The number of fused-ring (bicyclic) bond motifs is 5. The highest BCUT2D eigenvalue weighted by atomic mass is 16.4. The molecule has 3 aromatic heterocycles. The number of pyridine rings is 2. The van der Waals surface area contributed by atoms with Crippen LogP contribution in [0.3, 0.4) is 0 Å². The monoisotopic (exact) mass is 375 g/mol. The predicted molar refractivity (Wildman–Crippen MR) is 109 cm³/mol. The normalized spacial score (nSPS) is 20.3. The van der Waals surface area contributed by atoms with E-state index in [1.165, 1.54) is 0 Å². The number of nitrogens with one attached hydrogen (secondary N) is 1. The molecule has 0 radical (unpaired) electrons. The van der Waals surface area contributed by atoms with Crippen molar-refractivity contribution in [3.05, 3.63) is 48.2 Å². The number of benzene rings is 1. The minimum atomic E-state index is -0.987. The molecule has 0 saturated carbocycles. The molecule has 2 atom stereocenters. The number of aromatic carboxylic acids is 1. The molecule has 7 nitrogen and oxygen atoms in total. The highest BCUT2D eigenvalue weighted by Crippen LogP contribution is 2.31. The number of rotatable bonds is 2. The van der Waals surface area contributed by atoms with Gasteiger partial charge in [-0.1, -0.05) is 12.1 Å². The average Bonchev–Trinajstić information content (AvgIpc) is 3.05. The van der Waals surface area contributed by atoms with Crippen LogP contribution in [-0.4, -0.2) is 50.6 Å². The summed E-state index contributed by atoms with van der Waals surface area (Å²) >= 11 is 0. The van der Waals surface area contributed by atoms with E-state index in [9.17, 15) is 9.90 Å². The number of carbonyl (C=O) groups is 1. The van der Waals surface area contributed by atoms with Gasteiger partial charge in [0.1, 0.15) is 11.2 Å². The summed E-state index contributed by atoms with van der Waals surface area (Å²) in [5, 5.41) is 14.2. The smallest absolute Gasteiger partial charge is 0.339 e. The fraction of sp³-hybridized carbons (Fsp3) is 0.286. The van der Waals surface area contributed by atoms with Crippen LogP contribution in [0.25, 0.3) is 27.7 Å². The Morgan fingerprint density at radius 1 is 1.14 bits per heavy atom. The van der Waals surface area contributed by atoms with Gasteiger partial charge in [-0.3, -0.25) is 4.40 Å². The van der Waals surface area contributed by atoms with E-state index in [2.05, 4.69) is 34.0 Å². The van der Waals surface area contributed by atoms with Gasteiger partial charge in [-0.25, -0.2) is 14.8 Å². The summed E-state index contributed by atoms with van der Waals surface area (Å²) in [6, 6.07) is 12.1. The van der Waals surface area contributed by atoms with Crippen molar-refractivity contribution in [2.24, 2.45) is 0 Å². The summed E-state index contributed by atoms with van der Waals surface area (Å²) in [6.45, 7) is 6.04. The van der Waals surface area contributed by atoms with Crippen molar-refractivity contribution in [3.8, 4) is 0 Å². The van der Waals surface area contributed by atoms with Gasteiger partial charge in [0.15, 0.2) is 5.65 Å². The maximum absolute atomic E-state index is 12.0. The van der Waals surface area contributed by atoms with Gasteiger partial charge in [0.05, 0.1) is 11.0 Å². The first-order valence-electron chi connectivity index (χ1n) is 9.46. The van der Waals surface area contributed by atoms with Crippen LogP contribution in [0.15, 0.2) is 42.6 Å². The summed E-state index contributed by atoms with van der Waals surface area (Å²) in [6.07, 6.45) is 1.80. The Morgan fingerprint density at radius 3 is 2.64 bits per heavy atom. The maximum Gasteiger partial charge on any atom is 0.339 e. The van der Waals surface area contributed by atoms with E-state index < -0.39 is 5.97 Å². The maximum atomic E-state index is 12.0. The van der Waals surface area contributed by atoms with E-state index in [0.717, 1.165) is 40.8 Å². The van der Waals surface area contributed by atoms with Crippen molar-refractivity contribution < 1.29 is 9.90 Å². The van der Waals surface area contributed by atoms with Crippen molar-refractivity contribution in [1.82, 2.24) is 19.7 Å². The molecule has 5 rings (SSSR count). The Balaban J connectivity index is 1.86. The third kappa shape index (κ3) is 2.51. The first kappa shape index (κ1) is 16.9. The number of hydrogen-bond donors (Lipinski definition) is 2. The Kier molecular flexibility index (Phi) is 3.73. The van der Waals surface area contributed by atoms with E-state index in [4.69, 9.17) is 0 Å². The van der Waals surface area contributed by atoms with Crippen LogP contribution >= 0.6 is 0 Å². The fourth-order valence-corrected chi connectivity index (χ4v) is 4.36. The molecule has 0 spiro atoms. The molecule has 0 aliphatic carbocycles. The molecule has 0 unspecified atom stereocenters. The Labute approximate surface area is 161 Å². The minimum Gasteiger partial charge on any atom is -0.478 e. The van der Waals surface area contributed by atoms with Crippen LogP contribution in [0.4, 0.5) is 5.69 Å². The molecule has 0 bridgehead atoms. The Morgan fingerprint density at radius 2 is 1.89 bits per heavy atom. The molecule has 1 aliphatic heterocycles. The van der Waals surface area contributed by atoms with Crippen LogP contribution in [0.5, 0.6) is 0 Å². The summed E-state index contributed by atoms with van der Waals surface area (Å²) < 4.78 is 1.87. The Bertz CT molecular complexity index is 1220. The zero-order valence-corrected chi connectivity index (χ0v) is 15.8. The lowest BCUT2D eigenvalue weighted by atomic mass is 10.1. The zero-order valence-electron chi connectivity index (χ0n) is 15.8. The molecule has 1 aliphatic rings. The highest BCUT2D eigenvalue weighted by Gasteiger charge is 2.25. The van der Waals surface area contributed by atoms with Gasteiger partial charge in [0, 0.05) is 42.4 Å². The van der Waals surface area contributed by atoms with Crippen molar-refractivity contribution in [1.29, 1.82) is 0 Å². The van der Waals surface area contributed by atoms with E-state index in [1.807, 2.05) is 34.7 Å². The molecule has 28 heavy (non-hydrogen) atoms. The summed E-state index contributed by atoms with van der Waals surface area (Å²) in [5.74, 6) is -0.987. The molecule has 4 heterocycles. The van der Waals surface area contributed by atoms with E-state index in [1.54, 1.807) is 12.3 Å². The number of hydrogen-bond acceptors (Lipinski definition) is 5. The standard InChI is InChI=1S/C21H21N5O2/c1-12-10-25(11-13(2)23-12)17-7-8-22-19-14(17)9-15(21(27)28)20-24-16-5-3-4-6-18(16)26(19)20/h3-9,12-13,23H,10-11H2,1-2H3,(H,27,28)/t12-,13+. The highest BCUT2D eigenvalue weighted by molar-refractivity contribution is 6.05. The van der Waals surface area contributed by atoms with Gasteiger partial charge in [-0.05, 0) is 38.1 Å². The van der Waals surface area contributed by atoms with Crippen molar-refractivity contribution in [3.63, 3.8) is 0 Å². The largest absolute Gasteiger partial charge is 0.478 e. The number of anilines is 1. The summed E-state index contributed by atoms with van der Waals surface area (Å²) in [5.41, 5.74) is 3.96. The van der Waals surface area contributed by atoms with Gasteiger partial charge in [-0.2, -0.15) is 0 Å². The minimum absolute atomic E-state index is 0.189. The number of aromatic nitrogens is 3. The van der Waals surface area contributed by atoms with Crippen molar-refractivity contribution in [2.45, 2.75) is 25.9 Å². The van der Waals surface area contributed by atoms with Gasteiger partial charge >= 0.3 is 5.97 Å². The van der Waals surface area contributed by atoms with Crippen LogP contribution in [0.1, 0.15) is 24.2 Å². The van der Waals surface area contributed by atoms with Gasteiger partial charge in [-0.15, -0.1) is 0 Å². The lowest BCUT2D eigenvalue weighted by Gasteiger charge is -2.38. The molecule has 1 aromatic carbocycles. The molecule has 4 aromatic rings. The lowest BCUT2D eigenvalue weighted by Crippen LogP contribution is -2.54. The van der Waals surface area contributed by atoms with Crippen LogP contribution in [0, 0.1) is 0 Å². The van der Waals surface area contributed by atoms with Crippen molar-refractivity contribution >= 4 is 39.4 Å². The van der Waals surface area contributed by atoms with Crippen LogP contribution in [-0.2, 0) is 0 Å². The number of nitrogens with zero attached hydrogens (tertiary/aromatic N) is 4. The third-order valence-corrected chi connectivity index (χ3v) is 5.38. The lowest BCUT2D eigenvalue weighted by molar-refractivity contribution is 0.0698. The number of carboxylic acid groups (broad SMARTS) is 1. The van der Waals surface area contributed by atoms with Crippen LogP contribution in [0.2, 0.25) is 0 Å². The molecule has 7 heteroatoms. The molecule has 1 saturated heterocycles. The van der Waals surface area contributed by atoms with Crippen LogP contribution < -0.4 is 10.2 Å². The van der Waals surface area contributed by atoms with E-state index in [0.29, 0.717) is 17.7 Å². The van der Waals surface area contributed by atoms with E-state index in [-0.39, 0.29) is 5.56 Å². The SMILES string of the molecule is C[C@@H]1CN(c2ccnc3c2cc(C(=O)O)c2nc4ccccc4n23)C[C@H](C)N1. The van der Waals surface area contributed by atoms with Gasteiger partial charge in [0.25, 0.3) is 0 Å². The fourth-order valence-electron chi connectivity index (χ4n) is 4.36. The summed E-state index contributed by atoms with van der Waals surface area (Å²) in [4.78, 5) is 23.5. The summed E-state index contributed by atoms with van der Waals surface area (Å²) in [7, 11) is 0. The molecular formula is C21H21N5O2. The average molecular weight is 375 g/mol. The number of carboxylic acids is 1. The molecule has 2 N–H and O–H groups in total. The second-order valence-corrected chi connectivity index (χ2v) is 7.56. The topological polar surface area (TPSA) is 82.8 Å². The number of para-hydroxylation sites is 2. The number of imidazole rings is 1. The molecular weight excluding hydrogens is 354 g/mol. The van der Waals surface area contributed by atoms with E-state index >= 15 is 0 Å². The number of piperazine rings is 1.